The largest absolute Gasteiger partial charge is 0.455 e. The topological polar surface area (TPSA) is 65.0 Å². The fourth-order valence-corrected chi connectivity index (χ4v) is 10.2. The van der Waals surface area contributed by atoms with Gasteiger partial charge >= 0.3 is 0 Å². The Bertz CT molecular complexity index is 4310. The SMILES string of the molecule is c1cc(-c2nc(-c3ccc4c(ccc5ccccc54)c3)nc(-c3cccc4oc5c(-c6cccc7ccccc67)cccc5c34)n2)cc(-c2cccc3c2oc2c4ccccc4ccc32)c1. The first-order valence-corrected chi connectivity index (χ1v) is 22.2. The van der Waals surface area contributed by atoms with Crippen molar-refractivity contribution in [2.45, 2.75) is 0 Å². The van der Waals surface area contributed by atoms with E-state index in [0.717, 1.165) is 99.0 Å². The predicted molar refractivity (Wildman–Crippen MR) is 272 cm³/mol. The van der Waals surface area contributed by atoms with E-state index in [1.54, 1.807) is 0 Å². The second-order valence-corrected chi connectivity index (χ2v) is 17.0. The van der Waals surface area contributed by atoms with Gasteiger partial charge in [0.1, 0.15) is 22.3 Å². The van der Waals surface area contributed by atoms with Crippen molar-refractivity contribution in [3.8, 4) is 56.4 Å². The molecule has 0 spiro atoms. The first kappa shape index (κ1) is 36.5. The molecule has 0 aliphatic rings. The number of furan rings is 2. The van der Waals surface area contributed by atoms with Crippen LogP contribution in [0.1, 0.15) is 0 Å². The lowest BCUT2D eigenvalue weighted by Gasteiger charge is -2.11. The van der Waals surface area contributed by atoms with Gasteiger partial charge in [-0.1, -0.05) is 188 Å². The summed E-state index contributed by atoms with van der Waals surface area (Å²) in [7, 11) is 0. The van der Waals surface area contributed by atoms with Crippen molar-refractivity contribution >= 4 is 87.0 Å². The van der Waals surface area contributed by atoms with Crippen LogP contribution in [0.15, 0.2) is 221 Å². The van der Waals surface area contributed by atoms with E-state index < -0.39 is 0 Å². The summed E-state index contributed by atoms with van der Waals surface area (Å²) in [5, 5.41) is 13.5. The molecule has 0 saturated heterocycles. The molecule has 0 unspecified atom stereocenters. The van der Waals surface area contributed by atoms with Crippen molar-refractivity contribution in [3.63, 3.8) is 0 Å². The molecule has 66 heavy (non-hydrogen) atoms. The fourth-order valence-electron chi connectivity index (χ4n) is 10.2. The third kappa shape index (κ3) is 5.63. The number of para-hydroxylation sites is 2. The Kier molecular flexibility index (Phi) is 7.91. The van der Waals surface area contributed by atoms with E-state index in [9.17, 15) is 0 Å². The molecule has 0 amide bonds. The average Bonchev–Trinajstić information content (AvgIpc) is 3.98. The standard InChI is InChI=1S/C61H35N3O2/c1-5-19-44-36(12-1)15-8-22-48(44)49-23-10-25-52-55-53(26-11-27-54(55)65-58(49)52)61-63-59(62-60(64-61)42-31-32-45-40(35-42)29-28-37-13-2-4-18-43(37)45)41-17-7-16-39(34-41)47-21-9-24-50-51-33-30-38-14-3-6-20-46(38)56(51)66-57(47)50/h1-35H. The minimum Gasteiger partial charge on any atom is -0.455 e. The maximum atomic E-state index is 6.83. The van der Waals surface area contributed by atoms with Crippen molar-refractivity contribution in [1.82, 2.24) is 15.0 Å². The maximum absolute atomic E-state index is 6.83. The zero-order chi connectivity index (χ0) is 43.3. The number of aromatic nitrogens is 3. The first-order valence-electron chi connectivity index (χ1n) is 22.2. The Morgan fingerprint density at radius 2 is 0.773 bits per heavy atom. The highest BCUT2D eigenvalue weighted by Crippen LogP contribution is 2.43. The van der Waals surface area contributed by atoms with Crippen LogP contribution in [0.25, 0.3) is 143 Å². The van der Waals surface area contributed by atoms with Gasteiger partial charge in [0, 0.05) is 54.7 Å². The van der Waals surface area contributed by atoms with Crippen LogP contribution in [-0.2, 0) is 0 Å². The summed E-state index contributed by atoms with van der Waals surface area (Å²) in [6.45, 7) is 0. The summed E-state index contributed by atoms with van der Waals surface area (Å²) in [5.74, 6) is 1.72. The summed E-state index contributed by atoms with van der Waals surface area (Å²) in [6, 6.07) is 74.4. The van der Waals surface area contributed by atoms with E-state index in [0.29, 0.717) is 17.5 Å². The third-order valence-corrected chi connectivity index (χ3v) is 13.3. The summed E-state index contributed by atoms with van der Waals surface area (Å²) in [5.41, 5.74) is 10.2. The Hall–Kier alpha value is -8.93. The Morgan fingerprint density at radius 3 is 1.64 bits per heavy atom. The minimum atomic E-state index is 0.564. The van der Waals surface area contributed by atoms with E-state index in [1.165, 1.54) is 26.9 Å². The molecule has 306 valence electrons. The van der Waals surface area contributed by atoms with Crippen molar-refractivity contribution < 1.29 is 8.83 Å². The van der Waals surface area contributed by atoms with Gasteiger partial charge in [0.05, 0.1) is 0 Å². The number of fused-ring (bicyclic) bond motifs is 12. The highest BCUT2D eigenvalue weighted by Gasteiger charge is 2.21. The van der Waals surface area contributed by atoms with Gasteiger partial charge in [-0.25, -0.2) is 15.0 Å². The lowest BCUT2D eigenvalue weighted by molar-refractivity contribution is 0.670. The van der Waals surface area contributed by atoms with Crippen LogP contribution >= 0.6 is 0 Å². The van der Waals surface area contributed by atoms with Crippen molar-refractivity contribution in [3.05, 3.63) is 212 Å². The Morgan fingerprint density at radius 1 is 0.258 bits per heavy atom. The van der Waals surface area contributed by atoms with Crippen LogP contribution in [0.2, 0.25) is 0 Å². The number of benzene rings is 11. The van der Waals surface area contributed by atoms with E-state index in [1.807, 2.05) is 12.1 Å². The second kappa shape index (κ2) is 14.3. The Labute approximate surface area is 377 Å². The number of rotatable bonds is 5. The van der Waals surface area contributed by atoms with Crippen molar-refractivity contribution in [2.24, 2.45) is 0 Å². The molecule has 0 aliphatic heterocycles. The smallest absolute Gasteiger partial charge is 0.164 e. The summed E-state index contributed by atoms with van der Waals surface area (Å²) < 4.78 is 13.6. The predicted octanol–water partition coefficient (Wildman–Crippen LogP) is 16.6. The van der Waals surface area contributed by atoms with Crippen molar-refractivity contribution in [1.29, 1.82) is 0 Å². The highest BCUT2D eigenvalue weighted by molar-refractivity contribution is 6.18. The normalized spacial score (nSPS) is 11.9. The molecule has 0 saturated carbocycles. The van der Waals surface area contributed by atoms with Crippen LogP contribution < -0.4 is 0 Å². The third-order valence-electron chi connectivity index (χ3n) is 13.3. The number of hydrogen-bond acceptors (Lipinski definition) is 5. The molecule has 5 heteroatoms. The van der Waals surface area contributed by atoms with E-state index in [4.69, 9.17) is 23.8 Å². The molecule has 0 atom stereocenters. The van der Waals surface area contributed by atoms with Gasteiger partial charge in [-0.2, -0.15) is 0 Å². The van der Waals surface area contributed by atoms with Gasteiger partial charge < -0.3 is 8.83 Å². The molecule has 11 aromatic carbocycles. The maximum Gasteiger partial charge on any atom is 0.164 e. The quantitative estimate of drug-likeness (QED) is 0.162. The molecule has 14 rings (SSSR count). The Balaban J connectivity index is 0.974. The second-order valence-electron chi connectivity index (χ2n) is 17.0. The van der Waals surface area contributed by atoms with Crippen LogP contribution in [0.5, 0.6) is 0 Å². The van der Waals surface area contributed by atoms with E-state index in [2.05, 4.69) is 200 Å². The highest BCUT2D eigenvalue weighted by atomic mass is 16.3. The molecule has 0 N–H and O–H groups in total. The lowest BCUT2D eigenvalue weighted by atomic mass is 9.96. The van der Waals surface area contributed by atoms with Gasteiger partial charge in [0.25, 0.3) is 0 Å². The minimum absolute atomic E-state index is 0.564. The summed E-state index contributed by atoms with van der Waals surface area (Å²) in [6.07, 6.45) is 0. The van der Waals surface area contributed by atoms with Gasteiger partial charge in [0.2, 0.25) is 0 Å². The molecule has 14 aromatic rings. The molecule has 0 fully saturated rings. The van der Waals surface area contributed by atoms with Gasteiger partial charge in [-0.05, 0) is 73.1 Å². The molecular weight excluding hydrogens is 807 g/mol. The van der Waals surface area contributed by atoms with Gasteiger partial charge in [-0.15, -0.1) is 0 Å². The molecule has 3 heterocycles. The fraction of sp³-hybridized carbons (Fsp3) is 0. The molecule has 3 aromatic heterocycles. The molecular formula is C61H35N3O2. The van der Waals surface area contributed by atoms with Crippen LogP contribution in [0, 0.1) is 0 Å². The molecule has 5 nitrogen and oxygen atoms in total. The summed E-state index contributed by atoms with van der Waals surface area (Å²) in [4.78, 5) is 15.9. The number of hydrogen-bond donors (Lipinski definition) is 0. The zero-order valence-electron chi connectivity index (χ0n) is 35.4. The molecule has 0 radical (unpaired) electrons. The number of nitrogens with zero attached hydrogens (tertiary/aromatic N) is 3. The molecule has 0 aliphatic carbocycles. The first-order chi connectivity index (χ1) is 32.7. The summed E-state index contributed by atoms with van der Waals surface area (Å²) >= 11 is 0. The zero-order valence-corrected chi connectivity index (χ0v) is 35.4. The van der Waals surface area contributed by atoms with Crippen molar-refractivity contribution in [2.75, 3.05) is 0 Å². The average molecular weight is 842 g/mol. The van der Waals surface area contributed by atoms with Gasteiger partial charge in [0.15, 0.2) is 17.5 Å². The van der Waals surface area contributed by atoms with Crippen LogP contribution in [0.3, 0.4) is 0 Å². The van der Waals surface area contributed by atoms with Crippen LogP contribution in [0.4, 0.5) is 0 Å². The lowest BCUT2D eigenvalue weighted by Crippen LogP contribution is -2.00. The monoisotopic (exact) mass is 841 g/mol. The van der Waals surface area contributed by atoms with E-state index in [-0.39, 0.29) is 0 Å². The van der Waals surface area contributed by atoms with Gasteiger partial charge in [-0.3, -0.25) is 0 Å². The van der Waals surface area contributed by atoms with Crippen LogP contribution in [-0.4, -0.2) is 15.0 Å². The molecule has 0 bridgehead atoms. The van der Waals surface area contributed by atoms with E-state index >= 15 is 0 Å².